The van der Waals surface area contributed by atoms with Crippen molar-refractivity contribution >= 4 is 18.1 Å². The highest BCUT2D eigenvalue weighted by Gasteiger charge is 2.20. The molecule has 0 atom stereocenters. The number of allylic oxidation sites excluding steroid dienone is 1. The zero-order valence-electron chi connectivity index (χ0n) is 18.5. The quantitative estimate of drug-likeness (QED) is 0.473. The fourth-order valence-corrected chi connectivity index (χ4v) is 3.28. The maximum atomic E-state index is 5.90. The maximum Gasteiger partial charge on any atom is 0.144 e. The lowest BCUT2D eigenvalue weighted by Gasteiger charge is -2.38. The van der Waals surface area contributed by atoms with Gasteiger partial charge in [-0.3, -0.25) is 4.90 Å². The van der Waals surface area contributed by atoms with Crippen molar-refractivity contribution in [3.63, 3.8) is 0 Å². The zero-order valence-corrected chi connectivity index (χ0v) is 18.5. The van der Waals surface area contributed by atoms with E-state index in [9.17, 15) is 0 Å². The van der Waals surface area contributed by atoms with E-state index in [0.29, 0.717) is 6.04 Å². The van der Waals surface area contributed by atoms with E-state index in [1.807, 2.05) is 6.08 Å². The molecule has 0 bridgehead atoms. The fraction of sp³-hybridized carbons (Fsp3) is 0.667. The minimum atomic E-state index is 0.234. The molecule has 0 aromatic heterocycles. The third kappa shape index (κ3) is 7.98. The van der Waals surface area contributed by atoms with E-state index >= 15 is 0 Å². The van der Waals surface area contributed by atoms with Gasteiger partial charge in [-0.2, -0.15) is 10.2 Å². The molecule has 0 saturated carbocycles. The van der Waals surface area contributed by atoms with E-state index in [1.165, 1.54) is 0 Å². The minimum Gasteiger partial charge on any atom is -0.402 e. The van der Waals surface area contributed by atoms with Crippen molar-refractivity contribution in [3.8, 4) is 0 Å². The summed E-state index contributed by atoms with van der Waals surface area (Å²) in [5.74, 6) is 1.04. The number of piperazine rings is 2. The molecule has 3 N–H and O–H groups in total. The van der Waals surface area contributed by atoms with Crippen LogP contribution in [-0.4, -0.2) is 91.2 Å². The molecular weight excluding hydrogens is 364 g/mol. The summed E-state index contributed by atoms with van der Waals surface area (Å²) in [7, 11) is 0. The molecule has 2 rings (SSSR count). The number of hydrogen-bond donors (Lipinski definition) is 2. The lowest BCUT2D eigenvalue weighted by molar-refractivity contribution is 0.129. The van der Waals surface area contributed by atoms with Gasteiger partial charge in [0.1, 0.15) is 5.82 Å². The Morgan fingerprint density at radius 3 is 2.24 bits per heavy atom. The third-order valence-corrected chi connectivity index (χ3v) is 5.21. The Balaban J connectivity index is 1.92. The van der Waals surface area contributed by atoms with Crippen LogP contribution < -0.4 is 11.1 Å². The van der Waals surface area contributed by atoms with Crippen LogP contribution in [0.4, 0.5) is 0 Å². The van der Waals surface area contributed by atoms with Crippen LogP contribution in [-0.2, 0) is 0 Å². The van der Waals surface area contributed by atoms with Gasteiger partial charge in [0.2, 0.25) is 0 Å². The molecule has 29 heavy (non-hydrogen) atoms. The van der Waals surface area contributed by atoms with E-state index < -0.39 is 0 Å². The summed E-state index contributed by atoms with van der Waals surface area (Å²) in [5, 5.41) is 11.6. The van der Waals surface area contributed by atoms with Gasteiger partial charge in [0.25, 0.3) is 0 Å². The summed E-state index contributed by atoms with van der Waals surface area (Å²) < 4.78 is 0. The van der Waals surface area contributed by atoms with Crippen molar-refractivity contribution in [2.45, 2.75) is 33.7 Å². The Morgan fingerprint density at radius 1 is 0.966 bits per heavy atom. The first-order valence-corrected chi connectivity index (χ1v) is 10.7. The number of nitrogens with zero attached hydrogens (tertiary/aromatic N) is 6. The Hall–Kier alpha value is -2.19. The lowest BCUT2D eigenvalue weighted by atomic mass is 10.1. The summed E-state index contributed by atoms with van der Waals surface area (Å²) in [6.45, 7) is 16.7. The number of nitrogens with one attached hydrogen (secondary N) is 1. The Kier molecular flexibility index (Phi) is 9.87. The molecule has 8 heteroatoms. The monoisotopic (exact) mass is 402 g/mol. The number of hydrogen-bond acceptors (Lipinski definition) is 8. The molecule has 0 spiro atoms. The third-order valence-electron chi connectivity index (χ3n) is 5.21. The fourth-order valence-electron chi connectivity index (χ4n) is 3.28. The van der Waals surface area contributed by atoms with E-state index in [-0.39, 0.29) is 5.92 Å². The minimum absolute atomic E-state index is 0.234. The van der Waals surface area contributed by atoms with Crippen LogP contribution in [0.5, 0.6) is 0 Å². The highest BCUT2D eigenvalue weighted by atomic mass is 15.3. The van der Waals surface area contributed by atoms with Crippen molar-refractivity contribution < 1.29 is 0 Å². The topological polar surface area (TPSA) is 84.8 Å². The van der Waals surface area contributed by atoms with Gasteiger partial charge in [0.05, 0.1) is 18.1 Å². The summed E-state index contributed by atoms with van der Waals surface area (Å²) in [4.78, 5) is 11.8. The second-order valence-electron chi connectivity index (χ2n) is 7.97. The molecular formula is C21H38N8. The summed E-state index contributed by atoms with van der Waals surface area (Å²) >= 11 is 0. The largest absolute Gasteiger partial charge is 0.402 e. The van der Waals surface area contributed by atoms with Crippen LogP contribution >= 0.6 is 0 Å². The second-order valence-corrected chi connectivity index (χ2v) is 7.97. The van der Waals surface area contributed by atoms with Crippen LogP contribution in [0.1, 0.15) is 27.7 Å². The standard InChI is InChI=1S/C21H38N8/c1-18(2)20(17-25-24-6-5-9-27-10-7-23-8-11-27)26-21(16-22)29-14-12-28(13-15-29)19(3)4/h5-6,9,16-19,23H,7-8,10-15,22H2,1-4H3/b9-5+,21-16?,24-6-,25-17?,26-20?. The normalized spacial score (nSPS) is 21.0. The summed E-state index contributed by atoms with van der Waals surface area (Å²) in [6, 6.07) is 0.572. The van der Waals surface area contributed by atoms with Crippen molar-refractivity contribution in [3.05, 3.63) is 24.3 Å². The molecule has 2 fully saturated rings. The molecule has 8 nitrogen and oxygen atoms in total. The molecule has 2 aliphatic rings. The van der Waals surface area contributed by atoms with E-state index in [1.54, 1.807) is 18.6 Å². The summed E-state index contributed by atoms with van der Waals surface area (Å²) in [5.41, 5.74) is 6.77. The van der Waals surface area contributed by atoms with E-state index in [2.05, 4.69) is 64.1 Å². The molecule has 2 saturated heterocycles. The van der Waals surface area contributed by atoms with Crippen LogP contribution in [0.25, 0.3) is 0 Å². The first-order chi connectivity index (χ1) is 14.0. The van der Waals surface area contributed by atoms with Gasteiger partial charge >= 0.3 is 0 Å². The van der Waals surface area contributed by atoms with Crippen molar-refractivity contribution in [1.29, 1.82) is 0 Å². The van der Waals surface area contributed by atoms with Crippen LogP contribution in [0.15, 0.2) is 39.5 Å². The number of rotatable bonds is 8. The molecule has 0 aromatic carbocycles. The van der Waals surface area contributed by atoms with Gasteiger partial charge in [0, 0.05) is 70.8 Å². The molecule has 2 aliphatic heterocycles. The average molecular weight is 403 g/mol. The second kappa shape index (κ2) is 12.4. The van der Waals surface area contributed by atoms with Gasteiger partial charge in [-0.05, 0) is 25.8 Å². The van der Waals surface area contributed by atoms with Gasteiger partial charge < -0.3 is 20.9 Å². The SMILES string of the molecule is CC(C)C(C=N/N=C\C=C\N1CCNCC1)=NC(=CN)N1CCN(C(C)C)CC1. The first-order valence-electron chi connectivity index (χ1n) is 10.7. The Bertz CT molecular complexity index is 619. The Morgan fingerprint density at radius 2 is 1.66 bits per heavy atom. The van der Waals surface area contributed by atoms with Crippen molar-refractivity contribution in [1.82, 2.24) is 20.0 Å². The van der Waals surface area contributed by atoms with Gasteiger partial charge in [-0.15, -0.1) is 0 Å². The first kappa shape index (κ1) is 23.1. The number of aliphatic imine (C=N–C) groups is 1. The van der Waals surface area contributed by atoms with Crippen LogP contribution in [0.2, 0.25) is 0 Å². The predicted molar refractivity (Wildman–Crippen MR) is 123 cm³/mol. The highest BCUT2D eigenvalue weighted by molar-refractivity contribution is 6.31. The van der Waals surface area contributed by atoms with Crippen molar-refractivity contribution in [2.75, 3.05) is 52.4 Å². The molecule has 2 heterocycles. The van der Waals surface area contributed by atoms with Crippen molar-refractivity contribution in [2.24, 2.45) is 26.8 Å². The van der Waals surface area contributed by atoms with E-state index in [4.69, 9.17) is 10.7 Å². The molecule has 0 radical (unpaired) electrons. The molecule has 162 valence electrons. The smallest absolute Gasteiger partial charge is 0.144 e. The zero-order chi connectivity index (χ0) is 21.1. The highest BCUT2D eigenvalue weighted by Crippen LogP contribution is 2.13. The molecule has 0 amide bonds. The van der Waals surface area contributed by atoms with Gasteiger partial charge in [0.15, 0.2) is 0 Å². The Labute approximate surface area is 175 Å². The average Bonchev–Trinajstić information content (AvgIpc) is 2.73. The molecule has 0 aromatic rings. The van der Waals surface area contributed by atoms with Crippen LogP contribution in [0, 0.1) is 5.92 Å². The predicted octanol–water partition coefficient (Wildman–Crippen LogP) is 1.34. The maximum absolute atomic E-state index is 5.90. The molecule has 0 aliphatic carbocycles. The molecule has 0 unspecified atom stereocenters. The van der Waals surface area contributed by atoms with Gasteiger partial charge in [-0.25, -0.2) is 4.99 Å². The van der Waals surface area contributed by atoms with Gasteiger partial charge in [-0.1, -0.05) is 13.8 Å². The lowest BCUT2D eigenvalue weighted by Crippen LogP contribution is -2.48. The van der Waals surface area contributed by atoms with E-state index in [0.717, 1.165) is 63.9 Å². The summed E-state index contributed by atoms with van der Waals surface area (Å²) in [6.07, 6.45) is 9.02. The van der Waals surface area contributed by atoms with Crippen LogP contribution in [0.3, 0.4) is 0 Å². The number of nitrogens with two attached hydrogens (primary N) is 1.